The molecule has 19 heavy (non-hydrogen) atoms. The van der Waals surface area contributed by atoms with E-state index in [1.807, 2.05) is 19.2 Å². The molecule has 1 aliphatic heterocycles. The minimum absolute atomic E-state index is 0.141. The first kappa shape index (κ1) is 14.1. The molecule has 5 nitrogen and oxygen atoms in total. The van der Waals surface area contributed by atoms with Crippen LogP contribution in [0.1, 0.15) is 18.6 Å². The van der Waals surface area contributed by atoms with E-state index in [-0.39, 0.29) is 5.91 Å². The lowest BCUT2D eigenvalue weighted by molar-refractivity contribution is -0.132. The number of hydrogen-bond donors (Lipinski definition) is 1. The Balaban J connectivity index is 1.74. The van der Waals surface area contributed by atoms with Crippen LogP contribution in [0.4, 0.5) is 0 Å². The number of carbonyl (C=O) groups is 1. The summed E-state index contributed by atoms with van der Waals surface area (Å²) in [4.78, 5) is 16.0. The molecule has 1 amide bonds. The van der Waals surface area contributed by atoms with Gasteiger partial charge in [0.25, 0.3) is 0 Å². The van der Waals surface area contributed by atoms with Crippen molar-refractivity contribution in [3.8, 4) is 0 Å². The number of carbonyl (C=O) groups excluding carboxylic acids is 1. The number of nitrogens with zero attached hydrogens (tertiary/aromatic N) is 2. The van der Waals surface area contributed by atoms with Crippen LogP contribution in [0.25, 0.3) is 0 Å². The molecule has 0 saturated carbocycles. The zero-order valence-electron chi connectivity index (χ0n) is 11.5. The maximum Gasteiger partial charge on any atom is 0.236 e. The Labute approximate surface area is 114 Å². The van der Waals surface area contributed by atoms with Crippen molar-refractivity contribution in [1.29, 1.82) is 0 Å². The summed E-state index contributed by atoms with van der Waals surface area (Å²) in [6.07, 6.45) is 3.84. The molecule has 0 aromatic carbocycles. The second-order valence-corrected chi connectivity index (χ2v) is 5.28. The number of likely N-dealkylation sites (tertiary alicyclic amines) is 1. The number of rotatable bonds is 5. The minimum atomic E-state index is 0.141. The largest absolute Gasteiger partial charge is 0.467 e. The summed E-state index contributed by atoms with van der Waals surface area (Å²) in [7, 11) is 1.82. The SMILES string of the molecule is CN(Cc1ccco1)C(=O)CN1CCC(CN)CC1. The van der Waals surface area contributed by atoms with Gasteiger partial charge in [-0.3, -0.25) is 9.69 Å². The van der Waals surface area contributed by atoms with Crippen LogP contribution in [0.2, 0.25) is 0 Å². The summed E-state index contributed by atoms with van der Waals surface area (Å²) in [6, 6.07) is 3.72. The van der Waals surface area contributed by atoms with Crippen LogP contribution < -0.4 is 5.73 Å². The van der Waals surface area contributed by atoms with Crippen molar-refractivity contribution in [2.45, 2.75) is 19.4 Å². The molecule has 1 saturated heterocycles. The topological polar surface area (TPSA) is 62.7 Å². The number of hydrogen-bond acceptors (Lipinski definition) is 4. The van der Waals surface area contributed by atoms with Crippen molar-refractivity contribution in [3.63, 3.8) is 0 Å². The first-order valence-corrected chi connectivity index (χ1v) is 6.88. The van der Waals surface area contributed by atoms with Gasteiger partial charge in [-0.1, -0.05) is 0 Å². The lowest BCUT2D eigenvalue weighted by Gasteiger charge is -2.31. The van der Waals surface area contributed by atoms with Gasteiger partial charge in [-0.25, -0.2) is 0 Å². The number of piperidine rings is 1. The van der Waals surface area contributed by atoms with Crippen molar-refractivity contribution in [3.05, 3.63) is 24.2 Å². The Morgan fingerprint density at radius 2 is 2.26 bits per heavy atom. The fraction of sp³-hybridized carbons (Fsp3) is 0.643. The second kappa shape index (κ2) is 6.73. The van der Waals surface area contributed by atoms with E-state index in [0.717, 1.165) is 38.2 Å². The van der Waals surface area contributed by atoms with Gasteiger partial charge < -0.3 is 15.1 Å². The minimum Gasteiger partial charge on any atom is -0.467 e. The van der Waals surface area contributed by atoms with Gasteiger partial charge in [-0.05, 0) is 50.5 Å². The van der Waals surface area contributed by atoms with Crippen molar-refractivity contribution in [2.75, 3.05) is 33.2 Å². The molecule has 5 heteroatoms. The van der Waals surface area contributed by atoms with Crippen molar-refractivity contribution in [1.82, 2.24) is 9.80 Å². The predicted octanol–water partition coefficient (Wildman–Crippen LogP) is 0.909. The number of furan rings is 1. The molecule has 0 radical (unpaired) electrons. The molecule has 0 unspecified atom stereocenters. The Morgan fingerprint density at radius 1 is 1.53 bits per heavy atom. The Bertz CT molecular complexity index is 383. The van der Waals surface area contributed by atoms with Crippen molar-refractivity contribution >= 4 is 5.91 Å². The zero-order valence-corrected chi connectivity index (χ0v) is 11.5. The molecule has 2 heterocycles. The standard InChI is InChI=1S/C14H23N3O2/c1-16(10-13-3-2-8-19-13)14(18)11-17-6-4-12(9-15)5-7-17/h2-3,8,12H,4-7,9-11,15H2,1H3. The van der Waals surface area contributed by atoms with E-state index in [1.54, 1.807) is 11.2 Å². The van der Waals surface area contributed by atoms with E-state index in [0.29, 0.717) is 19.0 Å². The highest BCUT2D eigenvalue weighted by molar-refractivity contribution is 5.77. The van der Waals surface area contributed by atoms with E-state index < -0.39 is 0 Å². The summed E-state index contributed by atoms with van der Waals surface area (Å²) in [5.41, 5.74) is 5.67. The highest BCUT2D eigenvalue weighted by Crippen LogP contribution is 2.15. The Kier molecular flexibility index (Phi) is 4.99. The molecule has 0 spiro atoms. The predicted molar refractivity (Wildman–Crippen MR) is 73.4 cm³/mol. The molecule has 1 aliphatic rings. The number of likely N-dealkylation sites (N-methyl/N-ethyl adjacent to an activating group) is 1. The van der Waals surface area contributed by atoms with Crippen LogP contribution in [0, 0.1) is 5.92 Å². The zero-order chi connectivity index (χ0) is 13.7. The van der Waals surface area contributed by atoms with Crippen LogP contribution in [-0.4, -0.2) is 48.9 Å². The van der Waals surface area contributed by atoms with Gasteiger partial charge >= 0.3 is 0 Å². The summed E-state index contributed by atoms with van der Waals surface area (Å²) in [5.74, 6) is 1.59. The number of nitrogens with two attached hydrogens (primary N) is 1. The van der Waals surface area contributed by atoms with Crippen molar-refractivity contribution < 1.29 is 9.21 Å². The Hall–Kier alpha value is -1.33. The third kappa shape index (κ3) is 4.08. The Morgan fingerprint density at radius 3 is 2.84 bits per heavy atom. The molecule has 1 fully saturated rings. The van der Waals surface area contributed by atoms with Gasteiger partial charge in [0.2, 0.25) is 5.91 Å². The normalized spacial score (nSPS) is 17.6. The lowest BCUT2D eigenvalue weighted by Crippen LogP contribution is -2.42. The van der Waals surface area contributed by atoms with Gasteiger partial charge in [0.15, 0.2) is 0 Å². The van der Waals surface area contributed by atoms with Gasteiger partial charge in [0.1, 0.15) is 5.76 Å². The van der Waals surface area contributed by atoms with Gasteiger partial charge in [0, 0.05) is 7.05 Å². The van der Waals surface area contributed by atoms with E-state index in [2.05, 4.69) is 4.90 Å². The average Bonchev–Trinajstić information content (AvgIpc) is 2.92. The highest BCUT2D eigenvalue weighted by Gasteiger charge is 2.21. The molecule has 106 valence electrons. The molecule has 1 aromatic heterocycles. The molecule has 1 aromatic rings. The maximum absolute atomic E-state index is 12.1. The lowest BCUT2D eigenvalue weighted by atomic mass is 9.97. The second-order valence-electron chi connectivity index (χ2n) is 5.28. The van der Waals surface area contributed by atoms with Gasteiger partial charge in [-0.15, -0.1) is 0 Å². The maximum atomic E-state index is 12.1. The smallest absolute Gasteiger partial charge is 0.236 e. The van der Waals surface area contributed by atoms with Crippen LogP contribution in [0.15, 0.2) is 22.8 Å². The molecular weight excluding hydrogens is 242 g/mol. The first-order valence-electron chi connectivity index (χ1n) is 6.88. The molecule has 0 aliphatic carbocycles. The monoisotopic (exact) mass is 265 g/mol. The fourth-order valence-corrected chi connectivity index (χ4v) is 2.42. The summed E-state index contributed by atoms with van der Waals surface area (Å²) >= 11 is 0. The quantitative estimate of drug-likeness (QED) is 0.859. The van der Waals surface area contributed by atoms with Crippen LogP contribution in [-0.2, 0) is 11.3 Å². The third-order valence-corrected chi connectivity index (χ3v) is 3.80. The molecular formula is C14H23N3O2. The summed E-state index contributed by atoms with van der Waals surface area (Å²) < 4.78 is 5.25. The van der Waals surface area contributed by atoms with Crippen LogP contribution in [0.3, 0.4) is 0 Å². The fourth-order valence-electron chi connectivity index (χ4n) is 2.42. The van der Waals surface area contributed by atoms with Gasteiger partial charge in [0.05, 0.1) is 19.4 Å². The number of amides is 1. The highest BCUT2D eigenvalue weighted by atomic mass is 16.3. The van der Waals surface area contributed by atoms with E-state index in [1.165, 1.54) is 0 Å². The average molecular weight is 265 g/mol. The molecule has 2 N–H and O–H groups in total. The van der Waals surface area contributed by atoms with Crippen LogP contribution >= 0.6 is 0 Å². The van der Waals surface area contributed by atoms with Crippen LogP contribution in [0.5, 0.6) is 0 Å². The van der Waals surface area contributed by atoms with E-state index in [9.17, 15) is 4.79 Å². The molecule has 0 atom stereocenters. The van der Waals surface area contributed by atoms with Crippen molar-refractivity contribution in [2.24, 2.45) is 11.7 Å². The molecule has 2 rings (SSSR count). The van der Waals surface area contributed by atoms with Gasteiger partial charge in [-0.2, -0.15) is 0 Å². The van der Waals surface area contributed by atoms with E-state index >= 15 is 0 Å². The molecule has 0 bridgehead atoms. The third-order valence-electron chi connectivity index (χ3n) is 3.80. The van der Waals surface area contributed by atoms with E-state index in [4.69, 9.17) is 10.2 Å². The summed E-state index contributed by atoms with van der Waals surface area (Å²) in [5, 5.41) is 0. The first-order chi connectivity index (χ1) is 9.19. The summed E-state index contributed by atoms with van der Waals surface area (Å²) in [6.45, 7) is 3.74.